The van der Waals surface area contributed by atoms with Gasteiger partial charge in [0.1, 0.15) is 5.82 Å². The lowest BCUT2D eigenvalue weighted by atomic mass is 10.2. The zero-order valence-corrected chi connectivity index (χ0v) is 14.3. The van der Waals surface area contributed by atoms with E-state index in [0.717, 1.165) is 31.5 Å². The summed E-state index contributed by atoms with van der Waals surface area (Å²) in [7, 11) is 1.73. The zero-order chi connectivity index (χ0) is 17.5. The van der Waals surface area contributed by atoms with Gasteiger partial charge in [0.25, 0.3) is 0 Å². The van der Waals surface area contributed by atoms with Crippen molar-refractivity contribution in [3.8, 4) is 11.4 Å². The minimum Gasteiger partial charge on any atom is -0.369 e. The maximum atomic E-state index is 4.56. The van der Waals surface area contributed by atoms with E-state index >= 15 is 0 Å². The van der Waals surface area contributed by atoms with Crippen LogP contribution in [0.25, 0.3) is 11.4 Å². The number of hydrogen-bond acceptors (Lipinski definition) is 8. The third-order valence-electron chi connectivity index (χ3n) is 3.53. The highest BCUT2D eigenvalue weighted by Gasteiger charge is 2.13. The Kier molecular flexibility index (Phi) is 5.45. The van der Waals surface area contributed by atoms with Crippen molar-refractivity contribution < 1.29 is 0 Å². The Hall–Kier alpha value is -3.10. The van der Waals surface area contributed by atoms with E-state index in [-0.39, 0.29) is 0 Å². The SMILES string of the molecule is CCCNc1nc(NCCc2ccncc2)ncc1-c1nnn(C)n1. The molecule has 0 saturated heterocycles. The van der Waals surface area contributed by atoms with Crippen LogP contribution in [0.2, 0.25) is 0 Å². The number of aryl methyl sites for hydroxylation is 1. The number of nitrogens with one attached hydrogen (secondary N) is 2. The van der Waals surface area contributed by atoms with Gasteiger partial charge in [-0.15, -0.1) is 10.2 Å². The number of pyridine rings is 1. The fourth-order valence-electron chi connectivity index (χ4n) is 2.27. The van der Waals surface area contributed by atoms with Crippen LogP contribution in [0.15, 0.2) is 30.7 Å². The monoisotopic (exact) mass is 339 g/mol. The number of nitrogens with zero attached hydrogens (tertiary/aromatic N) is 7. The van der Waals surface area contributed by atoms with Gasteiger partial charge in [-0.3, -0.25) is 4.98 Å². The van der Waals surface area contributed by atoms with Crippen molar-refractivity contribution in [3.05, 3.63) is 36.3 Å². The molecule has 0 aliphatic rings. The molecule has 9 heteroatoms. The van der Waals surface area contributed by atoms with E-state index in [4.69, 9.17) is 0 Å². The summed E-state index contributed by atoms with van der Waals surface area (Å²) in [5.41, 5.74) is 1.95. The molecule has 0 aliphatic heterocycles. The zero-order valence-electron chi connectivity index (χ0n) is 14.3. The maximum absolute atomic E-state index is 4.56. The molecule has 0 aromatic carbocycles. The summed E-state index contributed by atoms with van der Waals surface area (Å²) < 4.78 is 0. The van der Waals surface area contributed by atoms with Crippen LogP contribution in [-0.2, 0) is 13.5 Å². The van der Waals surface area contributed by atoms with Crippen molar-refractivity contribution in [1.29, 1.82) is 0 Å². The fourth-order valence-corrected chi connectivity index (χ4v) is 2.27. The van der Waals surface area contributed by atoms with Gasteiger partial charge >= 0.3 is 0 Å². The summed E-state index contributed by atoms with van der Waals surface area (Å²) in [6, 6.07) is 4.00. The summed E-state index contributed by atoms with van der Waals surface area (Å²) in [5.74, 6) is 1.78. The molecular formula is C16H21N9. The van der Waals surface area contributed by atoms with Crippen LogP contribution in [0.4, 0.5) is 11.8 Å². The second-order valence-corrected chi connectivity index (χ2v) is 5.52. The van der Waals surface area contributed by atoms with E-state index in [9.17, 15) is 0 Å². The molecule has 0 atom stereocenters. The molecule has 0 radical (unpaired) electrons. The standard InChI is InChI=1S/C16H21N9/c1-3-7-18-14-13(15-22-24-25(2)23-15)11-20-16(21-14)19-10-6-12-4-8-17-9-5-12/h4-5,8-9,11H,3,6-7,10H2,1-2H3,(H2,18,19,20,21). The smallest absolute Gasteiger partial charge is 0.224 e. The average molecular weight is 339 g/mol. The van der Waals surface area contributed by atoms with Crippen LogP contribution >= 0.6 is 0 Å². The van der Waals surface area contributed by atoms with Gasteiger partial charge in [0, 0.05) is 31.7 Å². The quantitative estimate of drug-likeness (QED) is 0.636. The average Bonchev–Trinajstić information content (AvgIpc) is 3.07. The summed E-state index contributed by atoms with van der Waals surface area (Å²) >= 11 is 0. The second-order valence-electron chi connectivity index (χ2n) is 5.52. The fraction of sp³-hybridized carbons (Fsp3) is 0.375. The first-order valence-electron chi connectivity index (χ1n) is 8.24. The highest BCUT2D eigenvalue weighted by molar-refractivity contribution is 5.69. The molecule has 0 aliphatic carbocycles. The van der Waals surface area contributed by atoms with Gasteiger partial charge in [-0.1, -0.05) is 6.92 Å². The van der Waals surface area contributed by atoms with Crippen molar-refractivity contribution in [2.24, 2.45) is 7.05 Å². The molecule has 25 heavy (non-hydrogen) atoms. The molecular weight excluding hydrogens is 318 g/mol. The normalized spacial score (nSPS) is 10.6. The summed E-state index contributed by atoms with van der Waals surface area (Å²) in [6.07, 6.45) is 7.17. The number of tetrazole rings is 1. The molecule has 3 aromatic heterocycles. The third kappa shape index (κ3) is 4.46. The first-order chi connectivity index (χ1) is 12.3. The Bertz CT molecular complexity index is 800. The van der Waals surface area contributed by atoms with Crippen LogP contribution < -0.4 is 10.6 Å². The van der Waals surface area contributed by atoms with Crippen LogP contribution in [-0.4, -0.2) is 48.2 Å². The minimum atomic E-state index is 0.504. The first-order valence-corrected chi connectivity index (χ1v) is 8.24. The number of hydrogen-bond donors (Lipinski definition) is 2. The van der Waals surface area contributed by atoms with E-state index in [2.05, 4.69) is 47.9 Å². The Morgan fingerprint density at radius 2 is 1.96 bits per heavy atom. The molecule has 0 bridgehead atoms. The summed E-state index contributed by atoms with van der Waals surface area (Å²) in [5, 5.41) is 18.7. The molecule has 2 N–H and O–H groups in total. The Morgan fingerprint density at radius 3 is 2.68 bits per heavy atom. The van der Waals surface area contributed by atoms with Crippen molar-refractivity contribution in [3.63, 3.8) is 0 Å². The number of aromatic nitrogens is 7. The molecule has 0 saturated carbocycles. The molecule has 0 spiro atoms. The molecule has 0 unspecified atom stereocenters. The van der Waals surface area contributed by atoms with Crippen molar-refractivity contribution >= 4 is 11.8 Å². The Balaban J connectivity index is 1.72. The predicted octanol–water partition coefficient (Wildman–Crippen LogP) is 1.54. The third-order valence-corrected chi connectivity index (χ3v) is 3.53. The first kappa shape index (κ1) is 16.7. The molecule has 0 amide bonds. The molecule has 9 nitrogen and oxygen atoms in total. The van der Waals surface area contributed by atoms with E-state index in [0.29, 0.717) is 17.6 Å². The van der Waals surface area contributed by atoms with Crippen LogP contribution in [0, 0.1) is 0 Å². The highest BCUT2D eigenvalue weighted by Crippen LogP contribution is 2.23. The molecule has 3 heterocycles. The van der Waals surface area contributed by atoms with Gasteiger partial charge in [0.05, 0.1) is 12.6 Å². The van der Waals surface area contributed by atoms with Crippen LogP contribution in [0.3, 0.4) is 0 Å². The number of anilines is 2. The largest absolute Gasteiger partial charge is 0.369 e. The lowest BCUT2D eigenvalue weighted by Gasteiger charge is -2.10. The van der Waals surface area contributed by atoms with Crippen LogP contribution in [0.5, 0.6) is 0 Å². The molecule has 3 rings (SSSR count). The number of rotatable bonds is 8. The predicted molar refractivity (Wildman–Crippen MR) is 95.0 cm³/mol. The topological polar surface area (TPSA) is 106 Å². The molecule has 0 fully saturated rings. The van der Waals surface area contributed by atoms with E-state index in [1.54, 1.807) is 25.6 Å². The maximum Gasteiger partial charge on any atom is 0.224 e. The van der Waals surface area contributed by atoms with E-state index in [1.165, 1.54) is 10.4 Å². The van der Waals surface area contributed by atoms with Gasteiger partial charge in [-0.25, -0.2) is 4.98 Å². The lowest BCUT2D eigenvalue weighted by Crippen LogP contribution is -2.11. The second kappa shape index (κ2) is 8.13. The minimum absolute atomic E-state index is 0.504. The molecule has 3 aromatic rings. The van der Waals surface area contributed by atoms with Crippen LogP contribution in [0.1, 0.15) is 18.9 Å². The Labute approximate surface area is 145 Å². The van der Waals surface area contributed by atoms with Crippen molar-refractivity contribution in [2.75, 3.05) is 23.7 Å². The Morgan fingerprint density at radius 1 is 1.12 bits per heavy atom. The summed E-state index contributed by atoms with van der Waals surface area (Å²) in [4.78, 5) is 14.4. The summed E-state index contributed by atoms with van der Waals surface area (Å²) in [6.45, 7) is 3.64. The van der Waals surface area contributed by atoms with Crippen molar-refractivity contribution in [2.45, 2.75) is 19.8 Å². The van der Waals surface area contributed by atoms with Gasteiger partial charge < -0.3 is 10.6 Å². The molecule has 130 valence electrons. The highest BCUT2D eigenvalue weighted by atomic mass is 15.6. The van der Waals surface area contributed by atoms with Gasteiger partial charge in [-0.2, -0.15) is 9.78 Å². The van der Waals surface area contributed by atoms with E-state index < -0.39 is 0 Å². The van der Waals surface area contributed by atoms with Gasteiger partial charge in [0.2, 0.25) is 11.8 Å². The lowest BCUT2D eigenvalue weighted by molar-refractivity contribution is 0.630. The van der Waals surface area contributed by atoms with Crippen molar-refractivity contribution in [1.82, 2.24) is 35.2 Å². The van der Waals surface area contributed by atoms with Gasteiger partial charge in [-0.05, 0) is 35.8 Å². The van der Waals surface area contributed by atoms with Gasteiger partial charge in [0.15, 0.2) is 0 Å². The van der Waals surface area contributed by atoms with E-state index in [1.807, 2.05) is 12.1 Å².